The predicted molar refractivity (Wildman–Crippen MR) is 95.7 cm³/mol. The number of carbonyl (C=O) groups excluding carboxylic acids is 2. The van der Waals surface area contributed by atoms with E-state index in [-0.39, 0.29) is 17.7 Å². The van der Waals surface area contributed by atoms with Gasteiger partial charge in [-0.2, -0.15) is 0 Å². The van der Waals surface area contributed by atoms with Gasteiger partial charge in [0.15, 0.2) is 0 Å². The Balaban J connectivity index is 2.12. The first kappa shape index (κ1) is 18.5. The summed E-state index contributed by atoms with van der Waals surface area (Å²) in [4.78, 5) is 29.0. The minimum atomic E-state index is -0.486. The Morgan fingerprint density at radius 2 is 1.71 bits per heavy atom. The molecule has 1 aromatic carbocycles. The summed E-state index contributed by atoms with van der Waals surface area (Å²) in [6, 6.07) is 7.13. The third-order valence-electron chi connectivity index (χ3n) is 4.76. The molecule has 0 saturated carbocycles. The zero-order valence-electron chi connectivity index (χ0n) is 15.4. The van der Waals surface area contributed by atoms with Crippen LogP contribution in [0.5, 0.6) is 0 Å². The van der Waals surface area contributed by atoms with Gasteiger partial charge >= 0.3 is 0 Å². The molecule has 1 aliphatic rings. The molecule has 0 unspecified atom stereocenters. The van der Waals surface area contributed by atoms with Gasteiger partial charge < -0.3 is 15.5 Å². The van der Waals surface area contributed by atoms with Crippen LogP contribution >= 0.6 is 0 Å². The summed E-state index contributed by atoms with van der Waals surface area (Å²) in [6.45, 7) is 11.5. The van der Waals surface area contributed by atoms with Crippen LogP contribution in [0, 0.1) is 12.8 Å². The van der Waals surface area contributed by atoms with Crippen molar-refractivity contribution in [2.75, 3.05) is 19.6 Å². The Morgan fingerprint density at radius 1 is 1.12 bits per heavy atom. The molecule has 0 aromatic heterocycles. The van der Waals surface area contributed by atoms with Crippen LogP contribution in [0.2, 0.25) is 0 Å². The van der Waals surface area contributed by atoms with Gasteiger partial charge in [-0.1, -0.05) is 31.5 Å². The molecule has 1 atom stereocenters. The lowest BCUT2D eigenvalue weighted by molar-refractivity contribution is -0.137. The molecule has 1 saturated heterocycles. The van der Waals surface area contributed by atoms with E-state index in [2.05, 4.69) is 0 Å². The number of benzene rings is 1. The molecule has 2 amide bonds. The Morgan fingerprint density at radius 3 is 2.21 bits per heavy atom. The number of hydrogen-bond acceptors (Lipinski definition) is 3. The van der Waals surface area contributed by atoms with Gasteiger partial charge in [-0.25, -0.2) is 0 Å². The van der Waals surface area contributed by atoms with E-state index in [4.69, 9.17) is 5.73 Å². The van der Waals surface area contributed by atoms with E-state index in [1.54, 1.807) is 4.90 Å². The summed E-state index contributed by atoms with van der Waals surface area (Å²) in [6.07, 6.45) is 0. The van der Waals surface area contributed by atoms with E-state index >= 15 is 0 Å². The maximum absolute atomic E-state index is 12.8. The number of amides is 2. The second kappa shape index (κ2) is 6.93. The average Bonchev–Trinajstić information content (AvgIpc) is 2.52. The first-order valence-corrected chi connectivity index (χ1v) is 8.56. The maximum Gasteiger partial charge on any atom is 0.254 e. The van der Waals surface area contributed by atoms with Crippen LogP contribution in [0.15, 0.2) is 24.3 Å². The van der Waals surface area contributed by atoms with Crippen LogP contribution in [-0.4, -0.2) is 52.8 Å². The van der Waals surface area contributed by atoms with Crippen LogP contribution in [0.25, 0.3) is 0 Å². The van der Waals surface area contributed by atoms with Gasteiger partial charge in [0.25, 0.3) is 5.91 Å². The minimum absolute atomic E-state index is 0.0141. The number of rotatable bonds is 3. The molecular formula is C19H29N3O2. The number of nitrogens with two attached hydrogens (primary N) is 1. The molecule has 5 heteroatoms. The van der Waals surface area contributed by atoms with Gasteiger partial charge in [0.1, 0.15) is 0 Å². The lowest BCUT2D eigenvalue weighted by Gasteiger charge is -2.47. The summed E-state index contributed by atoms with van der Waals surface area (Å²) >= 11 is 0. The standard InChI is InChI=1S/C19H29N3O2/c1-13(2)16(20)18(24)21-10-11-22(19(4,5)12-21)17(23)15-8-6-14(3)7-9-15/h6-9,13,16H,10-12,20H2,1-5H3/t16-/m0/s1. The van der Waals surface area contributed by atoms with Gasteiger partial charge in [-0.3, -0.25) is 9.59 Å². The lowest BCUT2D eigenvalue weighted by Crippen LogP contribution is -2.64. The van der Waals surface area contributed by atoms with E-state index in [1.807, 2.05) is 63.8 Å². The summed E-state index contributed by atoms with van der Waals surface area (Å²) in [5, 5.41) is 0. The maximum atomic E-state index is 12.8. The first-order valence-electron chi connectivity index (χ1n) is 8.56. The van der Waals surface area contributed by atoms with Crippen molar-refractivity contribution in [1.29, 1.82) is 0 Å². The van der Waals surface area contributed by atoms with Crippen LogP contribution in [0.3, 0.4) is 0 Å². The molecule has 2 rings (SSSR count). The normalized spacial score (nSPS) is 18.6. The summed E-state index contributed by atoms with van der Waals surface area (Å²) < 4.78 is 0. The van der Waals surface area contributed by atoms with Gasteiger partial charge in [-0.05, 0) is 38.8 Å². The minimum Gasteiger partial charge on any atom is -0.337 e. The van der Waals surface area contributed by atoms with Crippen LogP contribution in [-0.2, 0) is 4.79 Å². The van der Waals surface area contributed by atoms with E-state index in [0.29, 0.717) is 25.2 Å². The smallest absolute Gasteiger partial charge is 0.254 e. The first-order chi connectivity index (χ1) is 11.1. The van der Waals surface area contributed by atoms with Crippen molar-refractivity contribution in [1.82, 2.24) is 9.80 Å². The quantitative estimate of drug-likeness (QED) is 0.922. The van der Waals surface area contributed by atoms with Crippen molar-refractivity contribution in [3.8, 4) is 0 Å². The number of aryl methyl sites for hydroxylation is 1. The predicted octanol–water partition coefficient (Wildman–Crippen LogP) is 2.04. The topological polar surface area (TPSA) is 66.6 Å². The lowest BCUT2D eigenvalue weighted by atomic mass is 9.95. The highest BCUT2D eigenvalue weighted by atomic mass is 16.2. The van der Waals surface area contributed by atoms with Gasteiger partial charge in [0, 0.05) is 25.2 Å². The zero-order valence-corrected chi connectivity index (χ0v) is 15.4. The van der Waals surface area contributed by atoms with E-state index < -0.39 is 11.6 Å². The number of carbonyl (C=O) groups is 2. The molecule has 2 N–H and O–H groups in total. The number of piperazine rings is 1. The molecule has 24 heavy (non-hydrogen) atoms. The second-order valence-electron chi connectivity index (χ2n) is 7.66. The van der Waals surface area contributed by atoms with Crippen LogP contribution < -0.4 is 5.73 Å². The highest BCUT2D eigenvalue weighted by Gasteiger charge is 2.39. The van der Waals surface area contributed by atoms with Crippen molar-refractivity contribution in [2.24, 2.45) is 11.7 Å². The summed E-state index contributed by atoms with van der Waals surface area (Å²) in [5.41, 5.74) is 7.40. The van der Waals surface area contributed by atoms with Crippen molar-refractivity contribution in [3.63, 3.8) is 0 Å². The Kier molecular flexibility index (Phi) is 5.33. The molecule has 0 spiro atoms. The Bertz CT molecular complexity index is 608. The second-order valence-corrected chi connectivity index (χ2v) is 7.66. The summed E-state index contributed by atoms with van der Waals surface area (Å²) in [5.74, 6) is 0.0913. The largest absolute Gasteiger partial charge is 0.337 e. The van der Waals surface area contributed by atoms with Crippen LogP contribution in [0.4, 0.5) is 0 Å². The monoisotopic (exact) mass is 331 g/mol. The third-order valence-corrected chi connectivity index (χ3v) is 4.76. The molecule has 1 fully saturated rings. The Labute approximate surface area is 144 Å². The van der Waals surface area contributed by atoms with E-state index in [9.17, 15) is 9.59 Å². The molecule has 132 valence electrons. The van der Waals surface area contributed by atoms with E-state index in [1.165, 1.54) is 0 Å². The molecule has 0 radical (unpaired) electrons. The molecule has 1 aromatic rings. The SMILES string of the molecule is Cc1ccc(C(=O)N2CCN(C(=O)[C@@H](N)C(C)C)CC2(C)C)cc1. The molecule has 1 heterocycles. The van der Waals surface area contributed by atoms with Crippen molar-refractivity contribution >= 4 is 11.8 Å². The highest BCUT2D eigenvalue weighted by molar-refractivity contribution is 5.95. The third kappa shape index (κ3) is 3.78. The number of hydrogen-bond donors (Lipinski definition) is 1. The fraction of sp³-hybridized carbons (Fsp3) is 0.579. The number of nitrogens with zero attached hydrogens (tertiary/aromatic N) is 2. The molecular weight excluding hydrogens is 302 g/mol. The van der Waals surface area contributed by atoms with Crippen LogP contribution in [0.1, 0.15) is 43.6 Å². The van der Waals surface area contributed by atoms with Gasteiger partial charge in [-0.15, -0.1) is 0 Å². The fourth-order valence-electron chi connectivity index (χ4n) is 3.07. The Hall–Kier alpha value is -1.88. The molecule has 0 bridgehead atoms. The van der Waals surface area contributed by atoms with Crippen molar-refractivity contribution in [3.05, 3.63) is 35.4 Å². The van der Waals surface area contributed by atoms with E-state index in [0.717, 1.165) is 5.56 Å². The van der Waals surface area contributed by atoms with Crippen molar-refractivity contribution in [2.45, 2.75) is 46.2 Å². The van der Waals surface area contributed by atoms with Gasteiger partial charge in [0.05, 0.1) is 11.6 Å². The zero-order chi connectivity index (χ0) is 18.1. The molecule has 1 aliphatic heterocycles. The molecule has 0 aliphatic carbocycles. The summed E-state index contributed by atoms with van der Waals surface area (Å²) in [7, 11) is 0. The average molecular weight is 331 g/mol. The van der Waals surface area contributed by atoms with Crippen molar-refractivity contribution < 1.29 is 9.59 Å². The highest BCUT2D eigenvalue weighted by Crippen LogP contribution is 2.24. The van der Waals surface area contributed by atoms with Gasteiger partial charge in [0.2, 0.25) is 5.91 Å². The fourth-order valence-corrected chi connectivity index (χ4v) is 3.07. The molecule has 5 nitrogen and oxygen atoms in total.